The minimum Gasteiger partial charge on any atom is -0.390 e. The molecule has 0 heterocycles. The van der Waals surface area contributed by atoms with Crippen LogP contribution >= 0.6 is 0 Å². The van der Waals surface area contributed by atoms with E-state index in [1.807, 2.05) is 6.92 Å². The summed E-state index contributed by atoms with van der Waals surface area (Å²) in [6.45, 7) is 7.02. The van der Waals surface area contributed by atoms with Crippen LogP contribution in [-0.4, -0.2) is 43.7 Å². The van der Waals surface area contributed by atoms with Gasteiger partial charge in [0.15, 0.2) is 0 Å². The number of hydrazine groups is 1. The van der Waals surface area contributed by atoms with Gasteiger partial charge in [-0.05, 0) is 68.7 Å². The van der Waals surface area contributed by atoms with E-state index in [1.165, 1.54) is 48.7 Å². The third kappa shape index (κ3) is 9.80. The van der Waals surface area contributed by atoms with Crippen molar-refractivity contribution < 1.29 is 36.3 Å². The molecule has 10 nitrogen and oxygen atoms in total. The topological polar surface area (TPSA) is 149 Å². The number of nitrogens with one attached hydrogen (secondary N) is 5. The maximum atomic E-state index is 13.2. The number of hydrogen-bond acceptors (Lipinski definition) is 7. The van der Waals surface area contributed by atoms with Crippen molar-refractivity contribution in [1.82, 2.24) is 5.43 Å². The Balaban J connectivity index is 2.20. The quantitative estimate of drug-likeness (QED) is 0.236. The highest BCUT2D eigenvalue weighted by Crippen LogP contribution is 2.28. The molecule has 1 atom stereocenters. The number of carbonyl (C=O) groups excluding carboxylic acids is 2. The lowest BCUT2D eigenvalue weighted by atomic mass is 9.95. The Morgan fingerprint density at radius 3 is 2.11 bits per heavy atom. The molecule has 0 aliphatic rings. The average molecular weight is 546 g/mol. The van der Waals surface area contributed by atoms with Crippen LogP contribution in [0.15, 0.2) is 47.4 Å². The fourth-order valence-electron chi connectivity index (χ4n) is 3.40. The molecule has 0 fully saturated rings. The van der Waals surface area contributed by atoms with Gasteiger partial charge in [-0.25, -0.2) is 8.42 Å². The van der Waals surface area contributed by atoms with Gasteiger partial charge in [0.2, 0.25) is 5.91 Å². The van der Waals surface area contributed by atoms with Crippen molar-refractivity contribution >= 4 is 44.6 Å². The number of sulfonamides is 1. The van der Waals surface area contributed by atoms with E-state index in [0.29, 0.717) is 18.7 Å². The normalized spacial score (nSPS) is 12.9. The van der Waals surface area contributed by atoms with Crippen LogP contribution in [0.3, 0.4) is 0 Å². The van der Waals surface area contributed by atoms with E-state index >= 15 is 0 Å². The van der Waals surface area contributed by atoms with Gasteiger partial charge < -0.3 is 15.7 Å². The van der Waals surface area contributed by atoms with E-state index in [0.717, 1.165) is 0 Å². The molecule has 0 aliphatic heterocycles. The summed E-state index contributed by atoms with van der Waals surface area (Å²) in [6, 6.07) is 9.46. The zero-order chi connectivity index (χ0) is 28.0. The third-order valence-corrected chi connectivity index (χ3v) is 6.22. The second-order valence-corrected chi connectivity index (χ2v) is 10.8. The van der Waals surface area contributed by atoms with Gasteiger partial charge in [0, 0.05) is 24.8 Å². The minimum absolute atomic E-state index is 0.0447. The predicted molar refractivity (Wildman–Crippen MR) is 134 cm³/mol. The maximum Gasteiger partial charge on any atom is 0.472 e. The molecule has 0 saturated carbocycles. The zero-order valence-electron chi connectivity index (χ0n) is 20.7. The number of halogens is 3. The Morgan fingerprint density at radius 1 is 1.00 bits per heavy atom. The van der Waals surface area contributed by atoms with Crippen LogP contribution in [0.2, 0.25) is 0 Å². The summed E-state index contributed by atoms with van der Waals surface area (Å²) in [7, 11) is -4.22. The van der Waals surface area contributed by atoms with Crippen LogP contribution < -0.4 is 26.2 Å². The van der Waals surface area contributed by atoms with Crippen molar-refractivity contribution in [2.75, 3.05) is 27.3 Å². The van der Waals surface area contributed by atoms with Gasteiger partial charge in [0.05, 0.1) is 17.0 Å². The molecule has 0 aliphatic carbocycles. The molecular weight excluding hydrogens is 515 g/mol. The Morgan fingerprint density at radius 2 is 1.57 bits per heavy atom. The van der Waals surface area contributed by atoms with E-state index < -0.39 is 33.6 Å². The van der Waals surface area contributed by atoms with E-state index in [-0.39, 0.29) is 27.9 Å². The molecule has 2 amide bonds. The molecule has 0 radical (unpaired) electrons. The average Bonchev–Trinajstić information content (AvgIpc) is 2.75. The Hall–Kier alpha value is -3.52. The SMILES string of the molecule is CC(=O)Nc1ccc(NCC(C)CC(C)(C)O)cc1S(=O)(=O)Nc1ccc(NNC(=O)C(F)(F)F)cc1. The van der Waals surface area contributed by atoms with Gasteiger partial charge in [-0.1, -0.05) is 6.92 Å². The predicted octanol–water partition coefficient (Wildman–Crippen LogP) is 3.66. The van der Waals surface area contributed by atoms with Crippen LogP contribution in [0.5, 0.6) is 0 Å². The van der Waals surface area contributed by atoms with Crippen LogP contribution in [0.4, 0.5) is 35.9 Å². The Kier molecular flexibility index (Phi) is 9.38. The molecule has 0 spiro atoms. The molecule has 2 aromatic rings. The fourth-order valence-corrected chi connectivity index (χ4v) is 4.64. The molecule has 37 heavy (non-hydrogen) atoms. The third-order valence-electron chi connectivity index (χ3n) is 4.80. The van der Waals surface area contributed by atoms with Crippen molar-refractivity contribution in [2.24, 2.45) is 5.92 Å². The van der Waals surface area contributed by atoms with Gasteiger partial charge in [0.1, 0.15) is 4.90 Å². The van der Waals surface area contributed by atoms with Crippen molar-refractivity contribution in [2.45, 2.75) is 50.8 Å². The van der Waals surface area contributed by atoms with E-state index in [1.54, 1.807) is 19.9 Å². The van der Waals surface area contributed by atoms with Crippen molar-refractivity contribution in [3.8, 4) is 0 Å². The number of amides is 2. The van der Waals surface area contributed by atoms with Crippen LogP contribution in [0, 0.1) is 5.92 Å². The summed E-state index contributed by atoms with van der Waals surface area (Å²) in [5.41, 5.74) is 3.38. The molecule has 2 rings (SSSR count). The van der Waals surface area contributed by atoms with Crippen molar-refractivity contribution in [3.05, 3.63) is 42.5 Å². The monoisotopic (exact) mass is 545 g/mol. The molecule has 1 unspecified atom stereocenters. The lowest BCUT2D eigenvalue weighted by Gasteiger charge is -2.23. The first-order valence-corrected chi connectivity index (χ1v) is 12.6. The first-order valence-electron chi connectivity index (χ1n) is 11.1. The number of hydrogen-bond donors (Lipinski definition) is 6. The van der Waals surface area contributed by atoms with Crippen molar-refractivity contribution in [1.29, 1.82) is 0 Å². The van der Waals surface area contributed by atoms with E-state index in [4.69, 9.17) is 0 Å². The standard InChI is InChI=1S/C23H30F3N5O5S/c1-14(12-22(3,4)34)13-27-18-9-10-19(28-15(2)32)20(11-18)37(35,36)31-17-7-5-16(6-8-17)29-30-21(33)23(24,25)26/h5-11,14,27,29,31,34H,12-13H2,1-4H3,(H,28,32)(H,30,33). The number of alkyl halides is 3. The van der Waals surface area contributed by atoms with Crippen LogP contribution in [-0.2, 0) is 19.6 Å². The number of anilines is 4. The van der Waals surface area contributed by atoms with E-state index in [2.05, 4.69) is 20.8 Å². The molecular formula is C23H30F3N5O5S. The molecule has 0 bridgehead atoms. The second-order valence-electron chi connectivity index (χ2n) is 9.15. The first kappa shape index (κ1) is 29.7. The van der Waals surface area contributed by atoms with E-state index in [9.17, 15) is 36.3 Å². The van der Waals surface area contributed by atoms with Crippen LogP contribution in [0.1, 0.15) is 34.1 Å². The number of rotatable bonds is 11. The smallest absolute Gasteiger partial charge is 0.390 e. The molecule has 14 heteroatoms. The Labute approximate surface area is 213 Å². The first-order chi connectivity index (χ1) is 17.0. The maximum absolute atomic E-state index is 13.2. The number of aliphatic hydroxyl groups is 1. The molecule has 204 valence electrons. The summed E-state index contributed by atoms with van der Waals surface area (Å²) in [5.74, 6) is -2.60. The summed E-state index contributed by atoms with van der Waals surface area (Å²) in [6.07, 6.45) is -4.55. The van der Waals surface area contributed by atoms with Gasteiger partial charge in [0.25, 0.3) is 10.0 Å². The largest absolute Gasteiger partial charge is 0.472 e. The molecule has 6 N–H and O–H groups in total. The van der Waals surface area contributed by atoms with Gasteiger partial charge in [-0.3, -0.25) is 25.2 Å². The number of carbonyl (C=O) groups is 2. The highest BCUT2D eigenvalue weighted by atomic mass is 32.2. The summed E-state index contributed by atoms with van der Waals surface area (Å²) in [5, 5.41) is 15.6. The Bertz CT molecular complexity index is 1210. The second kappa shape index (κ2) is 11.7. The lowest BCUT2D eigenvalue weighted by molar-refractivity contribution is -0.173. The van der Waals surface area contributed by atoms with Gasteiger partial charge in [-0.2, -0.15) is 13.2 Å². The van der Waals surface area contributed by atoms with Crippen LogP contribution in [0.25, 0.3) is 0 Å². The zero-order valence-corrected chi connectivity index (χ0v) is 21.5. The highest BCUT2D eigenvalue weighted by molar-refractivity contribution is 7.92. The minimum atomic E-state index is -5.06. The van der Waals surface area contributed by atoms with Gasteiger partial charge >= 0.3 is 12.1 Å². The summed E-state index contributed by atoms with van der Waals surface area (Å²) >= 11 is 0. The number of benzene rings is 2. The summed E-state index contributed by atoms with van der Waals surface area (Å²) in [4.78, 5) is 22.3. The molecule has 2 aromatic carbocycles. The highest BCUT2D eigenvalue weighted by Gasteiger charge is 2.38. The van der Waals surface area contributed by atoms with Gasteiger partial charge in [-0.15, -0.1) is 0 Å². The van der Waals surface area contributed by atoms with Crippen molar-refractivity contribution in [3.63, 3.8) is 0 Å². The molecule has 0 saturated heterocycles. The molecule has 0 aromatic heterocycles. The fraction of sp³-hybridized carbons (Fsp3) is 0.391. The lowest BCUT2D eigenvalue weighted by Crippen LogP contribution is -2.40. The summed E-state index contributed by atoms with van der Waals surface area (Å²) < 4.78 is 65.6.